The van der Waals surface area contributed by atoms with Crippen molar-refractivity contribution in [1.82, 2.24) is 0 Å². The van der Waals surface area contributed by atoms with E-state index in [1.807, 2.05) is 0 Å². The number of amides is 1. The molecule has 2 aromatic carbocycles. The Kier molecular flexibility index (Phi) is 4.90. The molecule has 1 aliphatic heterocycles. The predicted octanol–water partition coefficient (Wildman–Crippen LogP) is 4.83. The summed E-state index contributed by atoms with van der Waals surface area (Å²) in [4.78, 5) is 28.0. The third-order valence-corrected chi connectivity index (χ3v) is 5.55. The van der Waals surface area contributed by atoms with E-state index in [4.69, 9.17) is 18.3 Å². The zero-order valence-corrected chi connectivity index (χ0v) is 17.8. The van der Waals surface area contributed by atoms with Crippen LogP contribution in [-0.2, 0) is 4.79 Å². The molecule has 0 fully saturated rings. The van der Waals surface area contributed by atoms with Crippen LogP contribution in [0.15, 0.2) is 87.1 Å². The van der Waals surface area contributed by atoms with Crippen molar-refractivity contribution >= 4 is 28.3 Å². The number of hydrogen-bond donors (Lipinski definition) is 1. The van der Waals surface area contributed by atoms with Crippen molar-refractivity contribution in [2.45, 2.75) is 6.04 Å². The van der Waals surface area contributed by atoms with E-state index in [0.29, 0.717) is 33.9 Å². The number of aliphatic hydroxyl groups is 1. The van der Waals surface area contributed by atoms with Crippen molar-refractivity contribution in [3.05, 3.63) is 89.8 Å². The number of furan rings is 2. The normalized spacial score (nSPS) is 16.0. The maximum atomic E-state index is 13.6. The number of para-hydroxylation sites is 1. The Balaban J connectivity index is 1.64. The number of ether oxygens (including phenoxy) is 2. The van der Waals surface area contributed by atoms with Crippen LogP contribution < -0.4 is 14.4 Å². The number of benzene rings is 2. The average Bonchev–Trinajstić information content (AvgIpc) is 3.57. The number of methoxy groups -OCH3 is 2. The lowest BCUT2D eigenvalue weighted by atomic mass is 9.99. The molecule has 33 heavy (non-hydrogen) atoms. The molecular formula is C25H19NO7. The molecule has 1 unspecified atom stereocenters. The number of ketones is 1. The summed E-state index contributed by atoms with van der Waals surface area (Å²) >= 11 is 0. The number of anilines is 1. The molecule has 0 aliphatic carbocycles. The highest BCUT2D eigenvalue weighted by Crippen LogP contribution is 2.43. The van der Waals surface area contributed by atoms with Crippen LogP contribution in [0, 0.1) is 0 Å². The number of fused-ring (bicyclic) bond motifs is 1. The smallest absolute Gasteiger partial charge is 0.294 e. The molecule has 0 saturated heterocycles. The van der Waals surface area contributed by atoms with Crippen LogP contribution in [0.1, 0.15) is 22.4 Å². The van der Waals surface area contributed by atoms with Gasteiger partial charge in [0.15, 0.2) is 22.9 Å². The minimum absolute atomic E-state index is 0.0344. The van der Waals surface area contributed by atoms with E-state index in [9.17, 15) is 14.7 Å². The van der Waals surface area contributed by atoms with Gasteiger partial charge in [-0.15, -0.1) is 0 Å². The highest BCUT2D eigenvalue weighted by Gasteiger charge is 2.46. The molecule has 1 atom stereocenters. The number of carbonyl (C=O) groups excluding carboxylic acids is 2. The Labute approximate surface area is 188 Å². The number of nitrogens with zero attached hydrogens (tertiary/aromatic N) is 1. The summed E-state index contributed by atoms with van der Waals surface area (Å²) in [5.74, 6) is -0.778. The number of rotatable bonds is 6. The number of Topliss-reactive ketones (excluding diaryl/α,β-unsaturated/α-hetero) is 1. The summed E-state index contributed by atoms with van der Waals surface area (Å²) in [6.45, 7) is 0. The summed E-state index contributed by atoms with van der Waals surface area (Å²) in [7, 11) is 3.01. The molecule has 0 saturated carbocycles. The molecule has 5 rings (SSSR count). The van der Waals surface area contributed by atoms with Crippen molar-refractivity contribution < 1.29 is 33.0 Å². The van der Waals surface area contributed by atoms with E-state index < -0.39 is 23.5 Å². The van der Waals surface area contributed by atoms with Crippen molar-refractivity contribution in [2.24, 2.45) is 0 Å². The van der Waals surface area contributed by atoms with E-state index in [1.54, 1.807) is 60.7 Å². The average molecular weight is 445 g/mol. The molecule has 0 bridgehead atoms. The fraction of sp³-hybridized carbons (Fsp3) is 0.120. The van der Waals surface area contributed by atoms with Crippen LogP contribution in [0.2, 0.25) is 0 Å². The van der Waals surface area contributed by atoms with Gasteiger partial charge in [-0.3, -0.25) is 14.5 Å². The lowest BCUT2D eigenvalue weighted by Crippen LogP contribution is -2.30. The van der Waals surface area contributed by atoms with Gasteiger partial charge in [-0.25, -0.2) is 0 Å². The van der Waals surface area contributed by atoms with Gasteiger partial charge in [0.2, 0.25) is 5.78 Å². The Hall–Kier alpha value is -4.46. The Morgan fingerprint density at radius 3 is 2.58 bits per heavy atom. The zero-order valence-electron chi connectivity index (χ0n) is 17.8. The molecule has 1 aliphatic rings. The molecule has 2 aromatic heterocycles. The lowest BCUT2D eigenvalue weighted by Gasteiger charge is -2.25. The lowest BCUT2D eigenvalue weighted by molar-refractivity contribution is -0.117. The van der Waals surface area contributed by atoms with Gasteiger partial charge in [0.25, 0.3) is 5.91 Å². The molecule has 1 N–H and O–H groups in total. The predicted molar refractivity (Wildman–Crippen MR) is 119 cm³/mol. The summed E-state index contributed by atoms with van der Waals surface area (Å²) < 4.78 is 21.9. The molecule has 4 aromatic rings. The maximum Gasteiger partial charge on any atom is 0.294 e. The van der Waals surface area contributed by atoms with E-state index in [1.165, 1.54) is 25.4 Å². The van der Waals surface area contributed by atoms with Gasteiger partial charge >= 0.3 is 0 Å². The molecule has 8 heteroatoms. The summed E-state index contributed by atoms with van der Waals surface area (Å²) in [5, 5.41) is 11.5. The van der Waals surface area contributed by atoms with Crippen molar-refractivity contribution in [3.63, 3.8) is 0 Å². The van der Waals surface area contributed by atoms with Gasteiger partial charge in [-0.2, -0.15) is 0 Å². The molecule has 8 nitrogen and oxygen atoms in total. The quantitative estimate of drug-likeness (QED) is 0.424. The van der Waals surface area contributed by atoms with Crippen LogP contribution in [0.25, 0.3) is 11.0 Å². The first-order valence-corrected chi connectivity index (χ1v) is 10.1. The van der Waals surface area contributed by atoms with E-state index >= 15 is 0 Å². The first-order chi connectivity index (χ1) is 16.0. The Bertz CT molecular complexity index is 1400. The number of hydrogen-bond acceptors (Lipinski definition) is 7. The van der Waals surface area contributed by atoms with Gasteiger partial charge in [-0.05, 0) is 36.4 Å². The summed E-state index contributed by atoms with van der Waals surface area (Å²) in [5.41, 5.74) is 0.684. The summed E-state index contributed by atoms with van der Waals surface area (Å²) in [6, 6.07) is 15.9. The minimum atomic E-state index is -0.998. The first-order valence-electron chi connectivity index (χ1n) is 10.1. The zero-order chi connectivity index (χ0) is 23.1. The van der Waals surface area contributed by atoms with Crippen molar-refractivity contribution in [2.75, 3.05) is 19.1 Å². The number of carbonyl (C=O) groups is 2. The van der Waals surface area contributed by atoms with Crippen LogP contribution in [0.3, 0.4) is 0 Å². The largest absolute Gasteiger partial charge is 0.503 e. The molecular weight excluding hydrogens is 426 g/mol. The number of aliphatic hydroxyl groups excluding tert-OH is 1. The molecule has 0 spiro atoms. The van der Waals surface area contributed by atoms with Crippen LogP contribution in [0.4, 0.5) is 5.69 Å². The minimum Gasteiger partial charge on any atom is -0.503 e. The third-order valence-electron chi connectivity index (χ3n) is 5.55. The van der Waals surface area contributed by atoms with Gasteiger partial charge in [-0.1, -0.05) is 18.2 Å². The Morgan fingerprint density at radius 2 is 1.85 bits per heavy atom. The van der Waals surface area contributed by atoms with Crippen LogP contribution >= 0.6 is 0 Å². The molecule has 0 radical (unpaired) electrons. The highest BCUT2D eigenvalue weighted by molar-refractivity contribution is 6.20. The topological polar surface area (TPSA) is 102 Å². The molecule has 1 amide bonds. The van der Waals surface area contributed by atoms with Crippen molar-refractivity contribution in [1.29, 1.82) is 0 Å². The first kappa shape index (κ1) is 20.4. The van der Waals surface area contributed by atoms with Gasteiger partial charge in [0.1, 0.15) is 17.6 Å². The second kappa shape index (κ2) is 7.90. The fourth-order valence-corrected chi connectivity index (χ4v) is 4.02. The van der Waals surface area contributed by atoms with Crippen molar-refractivity contribution in [3.8, 4) is 11.5 Å². The third kappa shape index (κ3) is 3.23. The second-order valence-corrected chi connectivity index (χ2v) is 7.38. The highest BCUT2D eigenvalue weighted by atomic mass is 16.5. The standard InChI is InChI=1S/C25H19NO7/c1-30-16-8-4-7-15(13-16)26-21(17-10-5-11-32-17)20(23(28)25(26)29)22(27)19-12-14-6-3-9-18(31-2)24(14)33-19/h3-13,21,28H,1-2H3. The fourth-order valence-electron chi connectivity index (χ4n) is 4.02. The SMILES string of the molecule is COc1cccc(N2C(=O)C(O)=C(C(=O)c3cc4cccc(OC)c4o3)C2c2ccco2)c1. The summed E-state index contributed by atoms with van der Waals surface area (Å²) in [6.07, 6.45) is 1.44. The van der Waals surface area contributed by atoms with Gasteiger partial charge < -0.3 is 23.4 Å². The monoisotopic (exact) mass is 445 g/mol. The second-order valence-electron chi connectivity index (χ2n) is 7.38. The van der Waals surface area contributed by atoms with Crippen LogP contribution in [0.5, 0.6) is 11.5 Å². The van der Waals surface area contributed by atoms with E-state index in [2.05, 4.69) is 0 Å². The van der Waals surface area contributed by atoms with Gasteiger partial charge in [0.05, 0.1) is 26.1 Å². The Morgan fingerprint density at radius 1 is 1.03 bits per heavy atom. The molecule has 166 valence electrons. The van der Waals surface area contributed by atoms with Crippen LogP contribution in [-0.4, -0.2) is 31.0 Å². The van der Waals surface area contributed by atoms with E-state index in [-0.39, 0.29) is 11.3 Å². The molecule has 3 heterocycles. The van der Waals surface area contributed by atoms with Gasteiger partial charge in [0, 0.05) is 17.1 Å². The van der Waals surface area contributed by atoms with E-state index in [0.717, 1.165) is 0 Å². The maximum absolute atomic E-state index is 13.6.